The molecule has 2 aliphatic heterocycles. The van der Waals surface area contributed by atoms with Gasteiger partial charge in [0.25, 0.3) is 0 Å². The van der Waals surface area contributed by atoms with Crippen LogP contribution in [0.15, 0.2) is 113 Å². The zero-order chi connectivity index (χ0) is 21.5. The lowest BCUT2D eigenvalue weighted by Crippen LogP contribution is -2.50. The number of hydrogen-bond donors (Lipinski definition) is 0. The number of ether oxygens (including phenoxy) is 1. The molecular formula is C28H21N3O. The molecule has 0 unspecified atom stereocenters. The Hall–Kier alpha value is -4.18. The number of para-hydroxylation sites is 1. The highest BCUT2D eigenvalue weighted by Crippen LogP contribution is 2.50. The van der Waals surface area contributed by atoms with Crippen LogP contribution in [0.2, 0.25) is 0 Å². The molecule has 6 rings (SSSR count). The Morgan fingerprint density at radius 1 is 0.719 bits per heavy atom. The molecule has 0 radical (unpaired) electrons. The number of hydrogen-bond acceptors (Lipinski definition) is 4. The highest BCUT2D eigenvalue weighted by atomic mass is 16.5. The zero-order valence-electron chi connectivity index (χ0n) is 17.6. The van der Waals surface area contributed by atoms with Gasteiger partial charge in [-0.2, -0.15) is 10.2 Å². The van der Waals surface area contributed by atoms with Gasteiger partial charge in [0.2, 0.25) is 5.72 Å². The molecule has 0 N–H and O–H groups in total. The fourth-order valence-electron chi connectivity index (χ4n) is 4.54. The molecule has 4 nitrogen and oxygen atoms in total. The van der Waals surface area contributed by atoms with Gasteiger partial charge in [-0.15, -0.1) is 0 Å². The van der Waals surface area contributed by atoms with Crippen LogP contribution in [-0.2, 0) is 5.72 Å². The largest absolute Gasteiger partial charge is 0.459 e. The minimum absolute atomic E-state index is 0.703. The van der Waals surface area contributed by atoms with Crippen molar-refractivity contribution in [3.63, 3.8) is 0 Å². The number of benzene rings is 4. The van der Waals surface area contributed by atoms with Crippen LogP contribution in [0.5, 0.6) is 5.75 Å². The summed E-state index contributed by atoms with van der Waals surface area (Å²) in [4.78, 5) is 2.22. The highest BCUT2D eigenvalue weighted by molar-refractivity contribution is 5.87. The maximum atomic E-state index is 6.74. The second-order valence-corrected chi connectivity index (χ2v) is 8.01. The number of likely N-dealkylation sites (N-methyl/N-ethyl adjacent to an activating group) is 1. The number of rotatable bonds is 2. The number of anilines is 1. The van der Waals surface area contributed by atoms with E-state index in [4.69, 9.17) is 4.74 Å². The number of nitrogens with zero attached hydrogens (tertiary/aromatic N) is 3. The normalized spacial score (nSPS) is 18.2. The molecule has 0 saturated carbocycles. The molecule has 0 saturated heterocycles. The van der Waals surface area contributed by atoms with E-state index in [0.29, 0.717) is 0 Å². The molecular weight excluding hydrogens is 394 g/mol. The molecule has 4 aromatic carbocycles. The Kier molecular flexibility index (Phi) is 4.18. The second-order valence-electron chi connectivity index (χ2n) is 8.01. The molecule has 2 heterocycles. The second kappa shape index (κ2) is 7.20. The minimum Gasteiger partial charge on any atom is -0.459 e. The third kappa shape index (κ3) is 2.84. The van der Waals surface area contributed by atoms with Crippen LogP contribution in [0.1, 0.15) is 11.1 Å². The summed E-state index contributed by atoms with van der Waals surface area (Å²) in [7, 11) is 2.09. The quantitative estimate of drug-likeness (QED) is 0.318. The first-order chi connectivity index (χ1) is 15.7. The molecule has 0 aromatic heterocycles. The van der Waals surface area contributed by atoms with Gasteiger partial charge in [0.1, 0.15) is 5.75 Å². The first-order valence-electron chi connectivity index (χ1n) is 10.7. The lowest BCUT2D eigenvalue weighted by atomic mass is 9.84. The molecule has 1 spiro atoms. The van der Waals surface area contributed by atoms with Crippen LogP contribution < -0.4 is 9.64 Å². The zero-order valence-corrected chi connectivity index (χ0v) is 17.6. The van der Waals surface area contributed by atoms with Crippen LogP contribution in [0.3, 0.4) is 0 Å². The van der Waals surface area contributed by atoms with Crippen LogP contribution >= 0.6 is 0 Å². The molecule has 0 bridgehead atoms. The third-order valence-corrected chi connectivity index (χ3v) is 6.15. The maximum absolute atomic E-state index is 6.74. The van der Waals surface area contributed by atoms with Gasteiger partial charge in [-0.25, -0.2) is 0 Å². The Balaban J connectivity index is 1.40. The smallest absolute Gasteiger partial charge is 0.229 e. The van der Waals surface area contributed by atoms with Crippen LogP contribution in [0.25, 0.3) is 17.2 Å². The molecule has 0 aliphatic carbocycles. The van der Waals surface area contributed by atoms with Gasteiger partial charge in [0, 0.05) is 29.4 Å². The summed E-state index contributed by atoms with van der Waals surface area (Å²) >= 11 is 0. The average Bonchev–Trinajstić information content (AvgIpc) is 2.87. The Labute approximate surface area is 187 Å². The SMILES string of the molecule is CN1c2ccccc2-c2ccccc2[C@]12C=Cc1cc(N=Nc3ccccc3)ccc1O2. The standard InChI is InChI=1S/C28H21N3O/c1-31-26-14-8-6-12-24(26)23-11-5-7-13-25(23)28(31)18-17-20-19-22(15-16-27(20)32-28)30-29-21-9-3-2-4-10-21/h2-19H,1H3/t28-/m1/s1. The molecule has 4 heteroatoms. The summed E-state index contributed by atoms with van der Waals surface area (Å²) in [6, 6.07) is 32.6. The van der Waals surface area contributed by atoms with Crippen molar-refractivity contribution in [3.05, 3.63) is 114 Å². The fraction of sp³-hybridized carbons (Fsp3) is 0.0714. The van der Waals surface area contributed by atoms with E-state index in [1.165, 1.54) is 11.1 Å². The van der Waals surface area contributed by atoms with Crippen molar-refractivity contribution in [1.29, 1.82) is 0 Å². The Morgan fingerprint density at radius 2 is 1.44 bits per heavy atom. The molecule has 4 aromatic rings. The average molecular weight is 415 g/mol. The van der Waals surface area contributed by atoms with Crippen molar-refractivity contribution < 1.29 is 4.74 Å². The van der Waals surface area contributed by atoms with E-state index in [1.54, 1.807) is 0 Å². The van der Waals surface area contributed by atoms with Crippen LogP contribution in [0, 0.1) is 0 Å². The maximum Gasteiger partial charge on any atom is 0.229 e. The van der Waals surface area contributed by atoms with E-state index >= 15 is 0 Å². The fourth-order valence-corrected chi connectivity index (χ4v) is 4.54. The summed E-state index contributed by atoms with van der Waals surface area (Å²) < 4.78 is 6.74. The molecule has 0 fully saturated rings. The van der Waals surface area contributed by atoms with Crippen molar-refractivity contribution in [2.24, 2.45) is 10.2 Å². The van der Waals surface area contributed by atoms with Crippen LogP contribution in [0.4, 0.5) is 17.1 Å². The van der Waals surface area contributed by atoms with E-state index in [-0.39, 0.29) is 0 Å². The van der Waals surface area contributed by atoms with Gasteiger partial charge in [-0.3, -0.25) is 0 Å². The third-order valence-electron chi connectivity index (χ3n) is 6.15. The van der Waals surface area contributed by atoms with Gasteiger partial charge < -0.3 is 9.64 Å². The van der Waals surface area contributed by atoms with Crippen molar-refractivity contribution >= 4 is 23.1 Å². The number of azo groups is 1. The molecule has 154 valence electrons. The first kappa shape index (κ1) is 18.6. The number of fused-ring (bicyclic) bond motifs is 5. The molecule has 0 amide bonds. The predicted octanol–water partition coefficient (Wildman–Crippen LogP) is 7.48. The van der Waals surface area contributed by atoms with Crippen molar-refractivity contribution in [3.8, 4) is 16.9 Å². The van der Waals surface area contributed by atoms with E-state index in [2.05, 4.69) is 82.9 Å². The predicted molar refractivity (Wildman–Crippen MR) is 129 cm³/mol. The topological polar surface area (TPSA) is 37.2 Å². The van der Waals surface area contributed by atoms with Crippen molar-refractivity contribution in [2.75, 3.05) is 11.9 Å². The summed E-state index contributed by atoms with van der Waals surface area (Å²) in [5.41, 5.74) is 6.60. The van der Waals surface area contributed by atoms with E-state index in [1.807, 2.05) is 48.5 Å². The van der Waals surface area contributed by atoms with Crippen molar-refractivity contribution in [1.82, 2.24) is 0 Å². The monoisotopic (exact) mass is 415 g/mol. The van der Waals surface area contributed by atoms with Gasteiger partial charge in [0.05, 0.1) is 11.4 Å². The minimum atomic E-state index is -0.703. The summed E-state index contributed by atoms with van der Waals surface area (Å²) in [6.07, 6.45) is 4.27. The van der Waals surface area contributed by atoms with E-state index in [0.717, 1.165) is 33.9 Å². The first-order valence-corrected chi connectivity index (χ1v) is 10.7. The van der Waals surface area contributed by atoms with Gasteiger partial charge in [-0.1, -0.05) is 60.7 Å². The Morgan fingerprint density at radius 3 is 2.31 bits per heavy atom. The summed E-state index contributed by atoms with van der Waals surface area (Å²) in [5, 5.41) is 8.72. The van der Waals surface area contributed by atoms with Gasteiger partial charge in [0.15, 0.2) is 0 Å². The van der Waals surface area contributed by atoms with E-state index in [9.17, 15) is 0 Å². The van der Waals surface area contributed by atoms with Gasteiger partial charge in [-0.05, 0) is 54.1 Å². The lowest BCUT2D eigenvalue weighted by molar-refractivity contribution is 0.116. The van der Waals surface area contributed by atoms with Crippen molar-refractivity contribution in [2.45, 2.75) is 5.72 Å². The van der Waals surface area contributed by atoms with E-state index < -0.39 is 5.72 Å². The Bertz CT molecular complexity index is 1380. The van der Waals surface area contributed by atoms with Gasteiger partial charge >= 0.3 is 0 Å². The summed E-state index contributed by atoms with van der Waals surface area (Å²) in [6.45, 7) is 0. The highest BCUT2D eigenvalue weighted by Gasteiger charge is 2.44. The molecule has 2 aliphatic rings. The van der Waals surface area contributed by atoms with Crippen LogP contribution in [-0.4, -0.2) is 7.05 Å². The summed E-state index contributed by atoms with van der Waals surface area (Å²) in [5.74, 6) is 0.826. The lowest BCUT2D eigenvalue weighted by Gasteiger charge is -2.47. The molecule has 1 atom stereocenters. The molecule has 32 heavy (non-hydrogen) atoms.